The largest absolute Gasteiger partial charge is 0.373 e. The van der Waals surface area contributed by atoms with E-state index in [9.17, 15) is 0 Å². The molecule has 3 heterocycles. The van der Waals surface area contributed by atoms with Crippen molar-refractivity contribution in [3.63, 3.8) is 0 Å². The van der Waals surface area contributed by atoms with E-state index < -0.39 is 0 Å². The van der Waals surface area contributed by atoms with Crippen LogP contribution in [-0.2, 0) is 17.9 Å². The van der Waals surface area contributed by atoms with E-state index in [-0.39, 0.29) is 0 Å². The zero-order valence-electron chi connectivity index (χ0n) is 14.8. The van der Waals surface area contributed by atoms with Crippen LogP contribution in [0, 0.1) is 6.92 Å². The Morgan fingerprint density at radius 1 is 1.12 bits per heavy atom. The van der Waals surface area contributed by atoms with Crippen molar-refractivity contribution in [2.75, 3.05) is 6.61 Å². The quantitative estimate of drug-likeness (QED) is 0.508. The Labute approximate surface area is 152 Å². The summed E-state index contributed by atoms with van der Waals surface area (Å²) in [4.78, 5) is 4.65. The number of rotatable bonds is 2. The number of pyridine rings is 1. The van der Waals surface area contributed by atoms with Gasteiger partial charge >= 0.3 is 0 Å². The molecule has 4 aromatic rings. The Morgan fingerprint density at radius 2 is 2.00 bits per heavy atom. The number of nitrogens with zero attached hydrogens (tertiary/aromatic N) is 2. The second kappa shape index (κ2) is 5.82. The first-order valence-electron chi connectivity index (χ1n) is 8.97. The van der Waals surface area contributed by atoms with Gasteiger partial charge in [-0.1, -0.05) is 30.8 Å². The molecule has 128 valence electrons. The molecule has 0 unspecified atom stereocenters. The van der Waals surface area contributed by atoms with Gasteiger partial charge in [0.15, 0.2) is 0 Å². The van der Waals surface area contributed by atoms with Crippen molar-refractivity contribution in [1.29, 1.82) is 0 Å². The maximum atomic E-state index is 5.59. The molecule has 0 spiro atoms. The zero-order chi connectivity index (χ0) is 17.7. The summed E-state index contributed by atoms with van der Waals surface area (Å²) < 4.78 is 7.95. The van der Waals surface area contributed by atoms with Crippen molar-refractivity contribution >= 4 is 27.4 Å². The van der Waals surface area contributed by atoms with Gasteiger partial charge in [-0.05, 0) is 54.0 Å². The highest BCUT2D eigenvalue weighted by molar-refractivity contribution is 5.97. The van der Waals surface area contributed by atoms with Crippen molar-refractivity contribution in [2.45, 2.75) is 20.1 Å². The molecule has 2 aromatic carbocycles. The summed E-state index contributed by atoms with van der Waals surface area (Å²) in [6.45, 7) is 8.85. The fourth-order valence-electron chi connectivity index (χ4n) is 3.94. The predicted octanol–water partition coefficient (Wildman–Crippen LogP) is 5.09. The van der Waals surface area contributed by atoms with Crippen LogP contribution < -0.4 is 0 Å². The summed E-state index contributed by atoms with van der Waals surface area (Å²) in [6, 6.07) is 19.3. The molecule has 2 aromatic heterocycles. The van der Waals surface area contributed by atoms with Crippen LogP contribution in [0.5, 0.6) is 0 Å². The minimum Gasteiger partial charge on any atom is -0.373 e. The average Bonchev–Trinajstić information content (AvgIpc) is 3.04. The van der Waals surface area contributed by atoms with Gasteiger partial charge in [0.25, 0.3) is 0 Å². The first-order valence-corrected chi connectivity index (χ1v) is 8.97. The van der Waals surface area contributed by atoms with Crippen molar-refractivity contribution in [1.82, 2.24) is 9.55 Å². The highest BCUT2D eigenvalue weighted by Crippen LogP contribution is 2.32. The van der Waals surface area contributed by atoms with E-state index in [2.05, 4.69) is 64.7 Å². The Morgan fingerprint density at radius 3 is 2.92 bits per heavy atom. The SMILES string of the molecule is C=C(c1ccc2c(c1)cc1n2CCOC1)c1cc(C)nc2ccccc12. The highest BCUT2D eigenvalue weighted by Gasteiger charge is 2.15. The van der Waals surface area contributed by atoms with Gasteiger partial charge in [0, 0.05) is 34.2 Å². The van der Waals surface area contributed by atoms with Gasteiger partial charge in [0.05, 0.1) is 18.7 Å². The standard InChI is InChI=1S/C23H20N2O/c1-15-11-21(20-5-3-4-6-22(20)24-15)16(2)17-7-8-23-18(12-17)13-19-14-26-10-9-25(19)23/h3-8,11-13H,2,9-10,14H2,1H3. The molecule has 0 saturated carbocycles. The molecule has 0 saturated heterocycles. The number of aryl methyl sites for hydroxylation is 1. The molecule has 0 bridgehead atoms. The summed E-state index contributed by atoms with van der Waals surface area (Å²) in [7, 11) is 0. The van der Waals surface area contributed by atoms with Crippen LogP contribution >= 0.6 is 0 Å². The second-order valence-electron chi connectivity index (χ2n) is 6.92. The Bertz CT molecular complexity index is 1170. The molecule has 1 aliphatic heterocycles. The van der Waals surface area contributed by atoms with Crippen LogP contribution in [0.1, 0.15) is 22.5 Å². The molecule has 0 aliphatic carbocycles. The number of para-hydroxylation sites is 1. The van der Waals surface area contributed by atoms with E-state index in [0.717, 1.165) is 46.4 Å². The number of fused-ring (bicyclic) bond motifs is 4. The molecule has 0 radical (unpaired) electrons. The van der Waals surface area contributed by atoms with Gasteiger partial charge in [-0.2, -0.15) is 0 Å². The zero-order valence-corrected chi connectivity index (χ0v) is 14.8. The lowest BCUT2D eigenvalue weighted by Gasteiger charge is -2.16. The van der Waals surface area contributed by atoms with Gasteiger partial charge in [0.2, 0.25) is 0 Å². The van der Waals surface area contributed by atoms with Gasteiger partial charge in [-0.25, -0.2) is 0 Å². The molecule has 26 heavy (non-hydrogen) atoms. The van der Waals surface area contributed by atoms with Crippen LogP contribution in [0.25, 0.3) is 27.4 Å². The van der Waals surface area contributed by atoms with E-state index in [4.69, 9.17) is 4.74 Å². The van der Waals surface area contributed by atoms with Crippen LogP contribution in [0.2, 0.25) is 0 Å². The lowest BCUT2D eigenvalue weighted by Crippen LogP contribution is -2.15. The third-order valence-electron chi connectivity index (χ3n) is 5.21. The monoisotopic (exact) mass is 340 g/mol. The third-order valence-corrected chi connectivity index (χ3v) is 5.21. The van der Waals surface area contributed by atoms with Gasteiger partial charge in [-0.3, -0.25) is 4.98 Å². The van der Waals surface area contributed by atoms with Crippen LogP contribution in [0.15, 0.2) is 61.2 Å². The van der Waals surface area contributed by atoms with E-state index in [0.29, 0.717) is 6.61 Å². The number of hydrogen-bond donors (Lipinski definition) is 0. The third kappa shape index (κ3) is 2.36. The summed E-state index contributed by atoms with van der Waals surface area (Å²) in [5, 5.41) is 2.40. The van der Waals surface area contributed by atoms with Crippen LogP contribution in [0.4, 0.5) is 0 Å². The lowest BCUT2D eigenvalue weighted by atomic mass is 9.95. The lowest BCUT2D eigenvalue weighted by molar-refractivity contribution is 0.0865. The normalized spacial score (nSPS) is 13.9. The maximum absolute atomic E-state index is 5.59. The first kappa shape index (κ1) is 15.4. The number of benzene rings is 2. The number of ether oxygens (including phenoxy) is 1. The van der Waals surface area contributed by atoms with E-state index in [1.807, 2.05) is 13.0 Å². The number of aromatic nitrogens is 2. The van der Waals surface area contributed by atoms with Crippen molar-refractivity contribution in [3.8, 4) is 0 Å². The van der Waals surface area contributed by atoms with Gasteiger partial charge in [0.1, 0.15) is 0 Å². The molecule has 3 nitrogen and oxygen atoms in total. The molecule has 0 fully saturated rings. The fourth-order valence-corrected chi connectivity index (χ4v) is 3.94. The van der Waals surface area contributed by atoms with Gasteiger partial charge < -0.3 is 9.30 Å². The summed E-state index contributed by atoms with van der Waals surface area (Å²) in [5.74, 6) is 0. The van der Waals surface area contributed by atoms with Gasteiger partial charge in [-0.15, -0.1) is 0 Å². The Hall–Kier alpha value is -2.91. The number of hydrogen-bond acceptors (Lipinski definition) is 2. The molecule has 3 heteroatoms. The molecule has 1 aliphatic rings. The highest BCUT2D eigenvalue weighted by atomic mass is 16.5. The minimum absolute atomic E-state index is 0.694. The Kier molecular flexibility index (Phi) is 3.44. The molecule has 5 rings (SSSR count). The molecule has 0 atom stereocenters. The van der Waals surface area contributed by atoms with Crippen LogP contribution in [-0.4, -0.2) is 16.2 Å². The van der Waals surface area contributed by atoms with Crippen molar-refractivity contribution in [2.24, 2.45) is 0 Å². The summed E-state index contributed by atoms with van der Waals surface area (Å²) in [6.07, 6.45) is 0. The second-order valence-corrected chi connectivity index (χ2v) is 6.92. The smallest absolute Gasteiger partial charge is 0.0869 e. The topological polar surface area (TPSA) is 27.1 Å². The maximum Gasteiger partial charge on any atom is 0.0869 e. The molecule has 0 amide bonds. The fraction of sp³-hybridized carbons (Fsp3) is 0.174. The van der Waals surface area contributed by atoms with E-state index >= 15 is 0 Å². The average molecular weight is 340 g/mol. The minimum atomic E-state index is 0.694. The Balaban J connectivity index is 1.65. The molecular formula is C23H20N2O. The van der Waals surface area contributed by atoms with Crippen molar-refractivity contribution in [3.05, 3.63) is 83.7 Å². The molecule has 0 N–H and O–H groups in total. The molecular weight excluding hydrogens is 320 g/mol. The first-order chi connectivity index (χ1) is 12.7. The predicted molar refractivity (Wildman–Crippen MR) is 106 cm³/mol. The summed E-state index contributed by atoms with van der Waals surface area (Å²) >= 11 is 0. The van der Waals surface area contributed by atoms with Crippen LogP contribution in [0.3, 0.4) is 0 Å². The van der Waals surface area contributed by atoms with E-state index in [1.54, 1.807) is 0 Å². The van der Waals surface area contributed by atoms with E-state index in [1.165, 1.54) is 16.6 Å². The summed E-state index contributed by atoms with van der Waals surface area (Å²) in [5.41, 5.74) is 7.89. The van der Waals surface area contributed by atoms with Crippen molar-refractivity contribution < 1.29 is 4.74 Å².